The Morgan fingerprint density at radius 2 is 1.91 bits per heavy atom. The minimum atomic E-state index is -1.19. The summed E-state index contributed by atoms with van der Waals surface area (Å²) in [6.07, 6.45) is 6.44. The number of primary amides is 1. The predicted molar refractivity (Wildman–Crippen MR) is 130 cm³/mol. The van der Waals surface area contributed by atoms with Gasteiger partial charge in [0.1, 0.15) is 11.8 Å². The summed E-state index contributed by atoms with van der Waals surface area (Å²) in [7, 11) is 0. The summed E-state index contributed by atoms with van der Waals surface area (Å²) < 4.78 is 10.4. The van der Waals surface area contributed by atoms with Crippen molar-refractivity contribution in [1.29, 1.82) is 0 Å². The molecule has 2 aliphatic rings. The molecule has 1 aliphatic heterocycles. The van der Waals surface area contributed by atoms with Gasteiger partial charge in [0.15, 0.2) is 0 Å². The molecule has 0 aromatic heterocycles. The summed E-state index contributed by atoms with van der Waals surface area (Å²) in [6, 6.07) is -1.49. The molecule has 1 saturated carbocycles. The number of alkyl carbamates (subject to hydrolysis) is 1. The second kappa shape index (κ2) is 13.2. The van der Waals surface area contributed by atoms with Gasteiger partial charge in [-0.2, -0.15) is 0 Å². The zero-order chi connectivity index (χ0) is 26.2. The van der Waals surface area contributed by atoms with Gasteiger partial charge in [0, 0.05) is 6.54 Å². The molecule has 200 valence electrons. The molecule has 0 bridgehead atoms. The minimum absolute atomic E-state index is 0.000656. The number of unbranched alkanes of at least 4 members (excludes halogenated alkanes) is 3. The highest BCUT2D eigenvalue weighted by Crippen LogP contribution is 2.40. The number of carbonyl (C=O) groups excluding carboxylic acids is 3. The van der Waals surface area contributed by atoms with Gasteiger partial charge in [-0.3, -0.25) is 14.5 Å². The molecule has 5 N–H and O–H groups in total. The molecule has 6 atom stereocenters. The Kier molecular flexibility index (Phi) is 11.0. The van der Waals surface area contributed by atoms with Gasteiger partial charge in [-0.1, -0.05) is 25.0 Å². The van der Waals surface area contributed by atoms with Gasteiger partial charge in [0.25, 0.3) is 0 Å². The van der Waals surface area contributed by atoms with E-state index in [-0.39, 0.29) is 30.8 Å². The van der Waals surface area contributed by atoms with Gasteiger partial charge in [0.05, 0.1) is 30.7 Å². The Morgan fingerprint density at radius 1 is 1.20 bits per heavy atom. The second-order valence-electron chi connectivity index (χ2n) is 10.5. The van der Waals surface area contributed by atoms with Crippen LogP contribution in [-0.4, -0.2) is 76.3 Å². The molecule has 0 radical (unpaired) electrons. The number of likely N-dealkylation sites (tertiary alicyclic amines) is 1. The van der Waals surface area contributed by atoms with Crippen molar-refractivity contribution in [2.45, 2.75) is 103 Å². The first-order valence-corrected chi connectivity index (χ1v) is 12.7. The Labute approximate surface area is 208 Å². The monoisotopic (exact) mass is 497 g/mol. The Morgan fingerprint density at radius 3 is 2.54 bits per heavy atom. The van der Waals surface area contributed by atoms with Crippen LogP contribution in [0, 0.1) is 11.8 Å². The number of allylic oxidation sites excluding steroid dienone is 2. The van der Waals surface area contributed by atoms with Gasteiger partial charge in [-0.15, -0.1) is 0 Å². The third-order valence-electron chi connectivity index (χ3n) is 6.25. The summed E-state index contributed by atoms with van der Waals surface area (Å²) in [6.45, 7) is 7.57. The van der Waals surface area contributed by atoms with Crippen molar-refractivity contribution in [3.8, 4) is 0 Å². The largest absolute Gasteiger partial charge is 0.466 e. The molecule has 2 fully saturated rings. The maximum atomic E-state index is 12.4. The predicted octanol–water partition coefficient (Wildman–Crippen LogP) is 1.82. The summed E-state index contributed by atoms with van der Waals surface area (Å²) in [4.78, 5) is 37.3. The van der Waals surface area contributed by atoms with Crippen LogP contribution in [0.5, 0.6) is 0 Å². The van der Waals surface area contributed by atoms with Crippen LogP contribution in [0.25, 0.3) is 0 Å². The van der Waals surface area contributed by atoms with E-state index < -0.39 is 42.0 Å². The maximum Gasteiger partial charge on any atom is 0.408 e. The lowest BCUT2D eigenvalue weighted by Gasteiger charge is -2.34. The van der Waals surface area contributed by atoms with E-state index in [1.165, 1.54) is 4.90 Å². The van der Waals surface area contributed by atoms with Crippen molar-refractivity contribution in [3.05, 3.63) is 12.2 Å². The van der Waals surface area contributed by atoms with Crippen LogP contribution in [0.3, 0.4) is 0 Å². The average molecular weight is 498 g/mol. The normalized spacial score (nSPS) is 26.3. The number of aliphatic hydroxyl groups is 2. The minimum Gasteiger partial charge on any atom is -0.466 e. The quantitative estimate of drug-likeness (QED) is 0.171. The van der Waals surface area contributed by atoms with E-state index in [0.29, 0.717) is 13.0 Å². The molecule has 0 aromatic carbocycles. The Hall–Kier alpha value is -2.17. The molecule has 35 heavy (non-hydrogen) atoms. The zero-order valence-electron chi connectivity index (χ0n) is 21.4. The average Bonchev–Trinajstić information content (AvgIpc) is 3.42. The van der Waals surface area contributed by atoms with E-state index in [0.717, 1.165) is 32.1 Å². The number of aliphatic hydroxyl groups excluding tert-OH is 2. The number of hydrogen-bond acceptors (Lipinski definition) is 8. The number of esters is 1. The lowest BCUT2D eigenvalue weighted by atomic mass is 10.0. The fraction of sp³-hybridized carbons (Fsp3) is 0.800. The number of hydrogen-bond donors (Lipinski definition) is 4. The van der Waals surface area contributed by atoms with E-state index in [9.17, 15) is 24.6 Å². The van der Waals surface area contributed by atoms with Crippen molar-refractivity contribution in [1.82, 2.24) is 10.2 Å². The van der Waals surface area contributed by atoms with Gasteiger partial charge in [0.2, 0.25) is 5.91 Å². The van der Waals surface area contributed by atoms with Crippen molar-refractivity contribution in [3.63, 3.8) is 0 Å². The highest BCUT2D eigenvalue weighted by molar-refractivity contribution is 5.80. The number of amides is 2. The summed E-state index contributed by atoms with van der Waals surface area (Å²) in [5.74, 6) is -0.459. The number of nitrogens with zero attached hydrogens (tertiary/aromatic N) is 1. The number of β-amino-alcohol motifs (C(OH)–C–C–N with tert-alkyl or cyclic N) is 1. The Balaban J connectivity index is 1.83. The second-order valence-corrected chi connectivity index (χ2v) is 10.5. The third-order valence-corrected chi connectivity index (χ3v) is 6.25. The van der Waals surface area contributed by atoms with E-state index in [1.54, 1.807) is 20.8 Å². The summed E-state index contributed by atoms with van der Waals surface area (Å²) >= 11 is 0. The standard InChI is InChI=1S/C25H43N3O7/c1-5-34-23(32)18-13-16(18)11-9-7-6-8-10-12-19(27-24(33)35-25(2,3)4)22(31)28-15-17(29)14-20(28)21(26)30/h9,11,16-20,22,29,31H,5-8,10,12-15H2,1-4H3,(H2,26,30)(H,27,33). The van der Waals surface area contributed by atoms with E-state index in [1.807, 2.05) is 6.92 Å². The SMILES string of the molecule is CCOC(=O)C1CC1C=CCCCCCC(NC(=O)OC(C)(C)C)C(O)N1CC(O)CC1C(N)=O. The number of carbonyl (C=O) groups is 3. The molecule has 10 nitrogen and oxygen atoms in total. The van der Waals surface area contributed by atoms with Gasteiger partial charge < -0.3 is 30.7 Å². The summed E-state index contributed by atoms with van der Waals surface area (Å²) in [5.41, 5.74) is 4.76. The fourth-order valence-electron chi connectivity index (χ4n) is 4.42. The number of rotatable bonds is 13. The van der Waals surface area contributed by atoms with Gasteiger partial charge in [-0.25, -0.2) is 4.79 Å². The smallest absolute Gasteiger partial charge is 0.408 e. The lowest BCUT2D eigenvalue weighted by molar-refractivity contribution is -0.144. The van der Waals surface area contributed by atoms with Crippen LogP contribution in [0.2, 0.25) is 0 Å². The molecule has 0 aromatic rings. The maximum absolute atomic E-state index is 12.4. The highest BCUT2D eigenvalue weighted by Gasteiger charge is 2.42. The molecule has 6 unspecified atom stereocenters. The van der Waals surface area contributed by atoms with Gasteiger partial charge in [-0.05, 0) is 65.7 Å². The molecule has 2 rings (SSSR count). The third kappa shape index (κ3) is 9.77. The van der Waals surface area contributed by atoms with Crippen molar-refractivity contribution < 1.29 is 34.1 Å². The van der Waals surface area contributed by atoms with E-state index >= 15 is 0 Å². The number of ether oxygens (including phenoxy) is 2. The molecular formula is C25H43N3O7. The molecule has 10 heteroatoms. The fourth-order valence-corrected chi connectivity index (χ4v) is 4.42. The molecular weight excluding hydrogens is 454 g/mol. The first-order chi connectivity index (χ1) is 16.4. The van der Waals surface area contributed by atoms with Gasteiger partial charge >= 0.3 is 12.1 Å². The number of nitrogens with two attached hydrogens (primary N) is 1. The number of nitrogens with one attached hydrogen (secondary N) is 1. The zero-order valence-corrected chi connectivity index (χ0v) is 21.4. The highest BCUT2D eigenvalue weighted by atomic mass is 16.6. The molecule has 1 heterocycles. The van der Waals surface area contributed by atoms with Crippen molar-refractivity contribution in [2.24, 2.45) is 17.6 Å². The first kappa shape index (κ1) is 29.1. The van der Waals surface area contributed by atoms with Crippen LogP contribution in [0.4, 0.5) is 4.79 Å². The topological polar surface area (TPSA) is 151 Å². The van der Waals surface area contributed by atoms with Crippen molar-refractivity contribution >= 4 is 18.0 Å². The van der Waals surface area contributed by atoms with Crippen LogP contribution >= 0.6 is 0 Å². The van der Waals surface area contributed by atoms with Crippen molar-refractivity contribution in [2.75, 3.05) is 13.2 Å². The molecule has 0 spiro atoms. The molecule has 2 amide bonds. The van der Waals surface area contributed by atoms with Crippen LogP contribution < -0.4 is 11.1 Å². The van der Waals surface area contributed by atoms with E-state index in [2.05, 4.69) is 17.5 Å². The van der Waals surface area contributed by atoms with E-state index in [4.69, 9.17) is 15.2 Å². The molecule has 1 saturated heterocycles. The molecule has 1 aliphatic carbocycles. The summed E-state index contributed by atoms with van der Waals surface area (Å²) in [5, 5.41) is 23.7. The Bertz CT molecular complexity index is 752. The first-order valence-electron chi connectivity index (χ1n) is 12.7. The van der Waals surface area contributed by atoms with Crippen LogP contribution in [-0.2, 0) is 19.1 Å². The van der Waals surface area contributed by atoms with Crippen LogP contribution in [0.1, 0.15) is 72.6 Å². The lowest BCUT2D eigenvalue weighted by Crippen LogP contribution is -2.56. The van der Waals surface area contributed by atoms with Crippen LogP contribution in [0.15, 0.2) is 12.2 Å².